The van der Waals surface area contributed by atoms with Gasteiger partial charge in [0.25, 0.3) is 0 Å². The SMILES string of the molecule is FC(F)(F)c1cccc(/C=C/c2nn3c(-c4ccccc4)nnc3s2)c1. The van der Waals surface area contributed by atoms with Crippen LogP contribution in [0.1, 0.15) is 16.1 Å². The minimum atomic E-state index is -4.36. The van der Waals surface area contributed by atoms with E-state index in [1.807, 2.05) is 30.3 Å². The first-order valence-corrected chi connectivity index (χ1v) is 8.45. The van der Waals surface area contributed by atoms with Crippen LogP contribution in [0.5, 0.6) is 0 Å². The van der Waals surface area contributed by atoms with E-state index in [9.17, 15) is 13.2 Å². The number of hydrogen-bond donors (Lipinski definition) is 0. The Morgan fingerprint density at radius 1 is 0.923 bits per heavy atom. The van der Waals surface area contributed by atoms with Gasteiger partial charge in [-0.1, -0.05) is 59.9 Å². The Morgan fingerprint density at radius 3 is 2.50 bits per heavy atom. The lowest BCUT2D eigenvalue weighted by Gasteiger charge is -2.06. The molecular formula is C18H11F3N4S. The van der Waals surface area contributed by atoms with E-state index in [0.717, 1.165) is 17.7 Å². The first-order valence-electron chi connectivity index (χ1n) is 7.64. The van der Waals surface area contributed by atoms with Crippen LogP contribution in [0.15, 0.2) is 54.6 Å². The average Bonchev–Trinajstić information content (AvgIpc) is 3.20. The molecule has 0 unspecified atom stereocenters. The molecule has 130 valence electrons. The van der Waals surface area contributed by atoms with E-state index in [-0.39, 0.29) is 0 Å². The molecule has 0 fully saturated rings. The molecular weight excluding hydrogens is 361 g/mol. The van der Waals surface area contributed by atoms with Crippen LogP contribution >= 0.6 is 11.3 Å². The minimum Gasteiger partial charge on any atom is -0.182 e. The van der Waals surface area contributed by atoms with Gasteiger partial charge in [0.15, 0.2) is 5.82 Å². The van der Waals surface area contributed by atoms with Crippen molar-refractivity contribution in [1.29, 1.82) is 0 Å². The highest BCUT2D eigenvalue weighted by atomic mass is 32.1. The van der Waals surface area contributed by atoms with Crippen molar-refractivity contribution in [2.75, 3.05) is 0 Å². The average molecular weight is 372 g/mol. The highest BCUT2D eigenvalue weighted by Crippen LogP contribution is 2.30. The number of halogens is 3. The molecule has 2 aromatic heterocycles. The van der Waals surface area contributed by atoms with Crippen molar-refractivity contribution in [1.82, 2.24) is 19.8 Å². The third-order valence-electron chi connectivity index (χ3n) is 3.67. The van der Waals surface area contributed by atoms with Crippen LogP contribution in [0.3, 0.4) is 0 Å². The fourth-order valence-corrected chi connectivity index (χ4v) is 3.19. The lowest BCUT2D eigenvalue weighted by atomic mass is 10.1. The number of alkyl halides is 3. The molecule has 8 heteroatoms. The Labute approximate surface area is 150 Å². The summed E-state index contributed by atoms with van der Waals surface area (Å²) < 4.78 is 40.0. The second-order valence-electron chi connectivity index (χ2n) is 5.48. The van der Waals surface area contributed by atoms with Crippen LogP contribution < -0.4 is 0 Å². The summed E-state index contributed by atoms with van der Waals surface area (Å²) in [6.45, 7) is 0. The minimum absolute atomic E-state index is 0.453. The Hall–Kier alpha value is -3.00. The van der Waals surface area contributed by atoms with Gasteiger partial charge in [-0.2, -0.15) is 22.8 Å². The van der Waals surface area contributed by atoms with Gasteiger partial charge in [-0.15, -0.1) is 10.2 Å². The smallest absolute Gasteiger partial charge is 0.182 e. The van der Waals surface area contributed by atoms with E-state index in [1.54, 1.807) is 22.7 Å². The normalized spacial score (nSPS) is 12.3. The fraction of sp³-hybridized carbons (Fsp3) is 0.0556. The fourth-order valence-electron chi connectivity index (χ4n) is 2.45. The van der Waals surface area contributed by atoms with Crippen molar-refractivity contribution >= 4 is 28.4 Å². The molecule has 4 aromatic rings. The highest BCUT2D eigenvalue weighted by Gasteiger charge is 2.30. The first kappa shape index (κ1) is 16.5. The van der Waals surface area contributed by atoms with E-state index in [4.69, 9.17) is 0 Å². The van der Waals surface area contributed by atoms with Gasteiger partial charge < -0.3 is 0 Å². The van der Waals surface area contributed by atoms with Crippen molar-refractivity contribution in [2.45, 2.75) is 6.18 Å². The van der Waals surface area contributed by atoms with Crippen LogP contribution in [0, 0.1) is 0 Å². The molecule has 2 aromatic carbocycles. The number of aromatic nitrogens is 4. The quantitative estimate of drug-likeness (QED) is 0.506. The zero-order valence-electron chi connectivity index (χ0n) is 13.2. The molecule has 0 aliphatic carbocycles. The second kappa shape index (κ2) is 6.38. The van der Waals surface area contributed by atoms with Crippen molar-refractivity contribution in [3.63, 3.8) is 0 Å². The summed E-state index contributed by atoms with van der Waals surface area (Å²) in [5.74, 6) is 0.621. The number of benzene rings is 2. The maximum Gasteiger partial charge on any atom is 0.416 e. The van der Waals surface area contributed by atoms with Gasteiger partial charge in [-0.3, -0.25) is 0 Å². The van der Waals surface area contributed by atoms with Crippen LogP contribution in [0.4, 0.5) is 13.2 Å². The zero-order chi connectivity index (χ0) is 18.1. The third kappa shape index (κ3) is 3.23. The molecule has 26 heavy (non-hydrogen) atoms. The standard InChI is InChI=1S/C18H11F3N4S/c19-18(20,21)14-8-4-5-12(11-14)9-10-15-24-25-16(22-23-17(25)26-15)13-6-2-1-3-7-13/h1-11H/b10-9+. The molecule has 0 amide bonds. The molecule has 0 saturated carbocycles. The third-order valence-corrected chi connectivity index (χ3v) is 4.53. The number of hydrogen-bond acceptors (Lipinski definition) is 4. The Kier molecular flexibility index (Phi) is 4.04. The largest absolute Gasteiger partial charge is 0.416 e. The summed E-state index contributed by atoms with van der Waals surface area (Å²) in [7, 11) is 0. The summed E-state index contributed by atoms with van der Waals surface area (Å²) in [5, 5.41) is 13.3. The monoisotopic (exact) mass is 372 g/mol. The van der Waals surface area contributed by atoms with Gasteiger partial charge in [0.05, 0.1) is 5.56 Å². The van der Waals surface area contributed by atoms with Crippen LogP contribution in [0.25, 0.3) is 28.5 Å². The predicted octanol–water partition coefficient (Wildman–Crippen LogP) is 5.04. The molecule has 0 radical (unpaired) electrons. The summed E-state index contributed by atoms with van der Waals surface area (Å²) in [6, 6.07) is 14.7. The molecule has 0 bridgehead atoms. The van der Waals surface area contributed by atoms with E-state index in [2.05, 4.69) is 15.3 Å². The van der Waals surface area contributed by atoms with Crippen molar-refractivity contribution in [3.8, 4) is 11.4 Å². The van der Waals surface area contributed by atoms with Gasteiger partial charge in [-0.25, -0.2) is 0 Å². The van der Waals surface area contributed by atoms with Gasteiger partial charge in [-0.05, 0) is 23.8 Å². The van der Waals surface area contributed by atoms with E-state index < -0.39 is 11.7 Å². The lowest BCUT2D eigenvalue weighted by Crippen LogP contribution is -2.04. The van der Waals surface area contributed by atoms with E-state index in [1.165, 1.54) is 17.4 Å². The van der Waals surface area contributed by atoms with Gasteiger partial charge >= 0.3 is 6.18 Å². The molecule has 0 saturated heterocycles. The second-order valence-corrected chi connectivity index (χ2v) is 6.47. The Morgan fingerprint density at radius 2 is 1.73 bits per heavy atom. The molecule has 4 rings (SSSR count). The molecule has 0 aliphatic heterocycles. The summed E-state index contributed by atoms with van der Waals surface area (Å²) in [4.78, 5) is 0.618. The topological polar surface area (TPSA) is 43.1 Å². The van der Waals surface area contributed by atoms with Crippen LogP contribution in [-0.2, 0) is 6.18 Å². The summed E-state index contributed by atoms with van der Waals surface area (Å²) in [5.41, 5.74) is 0.664. The predicted molar refractivity (Wildman–Crippen MR) is 94.5 cm³/mol. The number of fused-ring (bicyclic) bond motifs is 1. The maximum absolute atomic E-state index is 12.8. The summed E-state index contributed by atoms with van der Waals surface area (Å²) >= 11 is 1.31. The van der Waals surface area contributed by atoms with Crippen molar-refractivity contribution in [2.24, 2.45) is 0 Å². The van der Waals surface area contributed by atoms with Crippen LogP contribution in [-0.4, -0.2) is 19.8 Å². The van der Waals surface area contributed by atoms with E-state index in [0.29, 0.717) is 21.4 Å². The zero-order valence-corrected chi connectivity index (χ0v) is 14.0. The van der Waals surface area contributed by atoms with Crippen molar-refractivity contribution in [3.05, 3.63) is 70.7 Å². The Balaban J connectivity index is 1.64. The Bertz CT molecular complexity index is 1080. The van der Waals surface area contributed by atoms with Gasteiger partial charge in [0.2, 0.25) is 4.96 Å². The van der Waals surface area contributed by atoms with Gasteiger partial charge in [0, 0.05) is 5.56 Å². The first-order chi connectivity index (χ1) is 12.5. The van der Waals surface area contributed by atoms with Crippen LogP contribution in [0.2, 0.25) is 0 Å². The molecule has 0 aliphatic rings. The molecule has 0 atom stereocenters. The van der Waals surface area contributed by atoms with Crippen molar-refractivity contribution < 1.29 is 13.2 Å². The molecule has 2 heterocycles. The van der Waals surface area contributed by atoms with Gasteiger partial charge in [0.1, 0.15) is 5.01 Å². The molecule has 4 nitrogen and oxygen atoms in total. The molecule has 0 N–H and O–H groups in total. The lowest BCUT2D eigenvalue weighted by molar-refractivity contribution is -0.137. The molecule has 0 spiro atoms. The maximum atomic E-state index is 12.8. The van der Waals surface area contributed by atoms with E-state index >= 15 is 0 Å². The summed E-state index contributed by atoms with van der Waals surface area (Å²) in [6.07, 6.45) is -1.09. The highest BCUT2D eigenvalue weighted by molar-refractivity contribution is 7.17. The number of rotatable bonds is 3. The number of nitrogens with zero attached hydrogens (tertiary/aromatic N) is 4.